The summed E-state index contributed by atoms with van der Waals surface area (Å²) in [7, 11) is 0. The molecule has 144 valence electrons. The molecule has 2 fully saturated rings. The molecule has 2 aliphatic rings. The molecule has 2 saturated carbocycles. The van der Waals surface area contributed by atoms with Gasteiger partial charge in [-0.1, -0.05) is 18.0 Å². The van der Waals surface area contributed by atoms with Gasteiger partial charge >= 0.3 is 5.97 Å². The van der Waals surface area contributed by atoms with E-state index < -0.39 is 17.8 Å². The van der Waals surface area contributed by atoms with E-state index in [0.29, 0.717) is 29.7 Å². The lowest BCUT2D eigenvalue weighted by Crippen LogP contribution is -2.35. The quantitative estimate of drug-likeness (QED) is 0.797. The predicted molar refractivity (Wildman–Crippen MR) is 101 cm³/mol. The smallest absolute Gasteiger partial charge is 0.307 e. The fourth-order valence-electron chi connectivity index (χ4n) is 3.76. The molecular weight excluding hydrogens is 366 g/mol. The van der Waals surface area contributed by atoms with Crippen molar-refractivity contribution in [2.75, 3.05) is 5.32 Å². The Morgan fingerprint density at radius 3 is 2.52 bits per heavy atom. The minimum atomic E-state index is -0.889. The van der Waals surface area contributed by atoms with Gasteiger partial charge in [-0.15, -0.1) is 11.3 Å². The lowest BCUT2D eigenvalue weighted by molar-refractivity contribution is -0.147. The molecule has 27 heavy (non-hydrogen) atoms. The van der Waals surface area contributed by atoms with E-state index in [1.54, 1.807) is 0 Å². The van der Waals surface area contributed by atoms with E-state index in [-0.39, 0.29) is 5.91 Å². The van der Waals surface area contributed by atoms with Gasteiger partial charge < -0.3 is 14.9 Å². The molecule has 2 heterocycles. The van der Waals surface area contributed by atoms with Gasteiger partial charge in [0.2, 0.25) is 5.91 Å². The lowest BCUT2D eigenvalue weighted by Gasteiger charge is -2.27. The number of carbonyl (C=O) groups is 2. The van der Waals surface area contributed by atoms with Gasteiger partial charge in [0.25, 0.3) is 5.89 Å². The Morgan fingerprint density at radius 1 is 1.15 bits per heavy atom. The molecule has 0 aromatic carbocycles. The van der Waals surface area contributed by atoms with Crippen LogP contribution in [0.5, 0.6) is 0 Å². The number of hydrogen-bond donors (Lipinski definition) is 2. The van der Waals surface area contributed by atoms with E-state index in [4.69, 9.17) is 4.52 Å². The van der Waals surface area contributed by atoms with Crippen LogP contribution in [-0.4, -0.2) is 27.1 Å². The average molecular weight is 389 g/mol. The van der Waals surface area contributed by atoms with Crippen LogP contribution in [0.25, 0.3) is 11.5 Å². The molecular formula is C19H23N3O4S. The van der Waals surface area contributed by atoms with Crippen molar-refractivity contribution in [2.45, 2.75) is 58.3 Å². The van der Waals surface area contributed by atoms with Crippen molar-refractivity contribution >= 4 is 28.2 Å². The van der Waals surface area contributed by atoms with Gasteiger partial charge in [-0.05, 0) is 45.1 Å². The zero-order chi connectivity index (χ0) is 19.1. The molecule has 2 aliphatic carbocycles. The van der Waals surface area contributed by atoms with Crippen molar-refractivity contribution in [3.63, 3.8) is 0 Å². The molecule has 0 saturated heterocycles. The van der Waals surface area contributed by atoms with Crippen LogP contribution in [-0.2, 0) is 9.59 Å². The van der Waals surface area contributed by atoms with Crippen molar-refractivity contribution in [3.05, 3.63) is 16.3 Å². The molecule has 0 spiro atoms. The summed E-state index contributed by atoms with van der Waals surface area (Å²) in [6, 6.07) is 0. The van der Waals surface area contributed by atoms with Crippen molar-refractivity contribution in [3.8, 4) is 11.5 Å². The van der Waals surface area contributed by atoms with Gasteiger partial charge in [0, 0.05) is 10.8 Å². The minimum Gasteiger partial charge on any atom is -0.481 e. The molecule has 0 aliphatic heterocycles. The topological polar surface area (TPSA) is 105 Å². The number of aryl methyl sites for hydroxylation is 1. The number of nitrogens with zero attached hydrogens (tertiary/aromatic N) is 2. The summed E-state index contributed by atoms with van der Waals surface area (Å²) in [4.78, 5) is 30.0. The van der Waals surface area contributed by atoms with Crippen LogP contribution in [0.1, 0.15) is 60.7 Å². The van der Waals surface area contributed by atoms with Gasteiger partial charge in [-0.3, -0.25) is 9.59 Å². The highest BCUT2D eigenvalue weighted by Crippen LogP contribution is 2.43. The number of carbonyl (C=O) groups excluding carboxylic acids is 1. The number of rotatable bonds is 5. The van der Waals surface area contributed by atoms with Crippen LogP contribution >= 0.6 is 11.3 Å². The van der Waals surface area contributed by atoms with Crippen molar-refractivity contribution in [1.82, 2.24) is 10.1 Å². The first-order chi connectivity index (χ1) is 13.0. The predicted octanol–water partition coefficient (Wildman–Crippen LogP) is 4.12. The Bertz CT molecular complexity index is 884. The second-order valence-electron chi connectivity index (χ2n) is 7.54. The Morgan fingerprint density at radius 2 is 1.85 bits per heavy atom. The molecule has 2 aromatic heterocycles. The maximum atomic E-state index is 12.9. The maximum Gasteiger partial charge on any atom is 0.307 e. The molecule has 1 amide bonds. The normalized spacial score (nSPS) is 22.6. The number of aliphatic carboxylic acids is 1. The molecule has 0 unspecified atom stereocenters. The number of carboxylic acid groups (broad SMARTS) is 1. The molecule has 7 nitrogen and oxygen atoms in total. The number of nitrogens with one attached hydrogen (secondary N) is 1. The van der Waals surface area contributed by atoms with E-state index >= 15 is 0 Å². The van der Waals surface area contributed by atoms with Gasteiger partial charge in [0.15, 0.2) is 5.82 Å². The number of anilines is 1. The fourth-order valence-corrected chi connectivity index (χ4v) is 4.82. The molecule has 2 aromatic rings. The Hall–Kier alpha value is -2.22. The van der Waals surface area contributed by atoms with Gasteiger partial charge in [0.05, 0.1) is 17.4 Å². The van der Waals surface area contributed by atoms with E-state index in [9.17, 15) is 14.7 Å². The Kier molecular flexibility index (Phi) is 4.75. The summed E-state index contributed by atoms with van der Waals surface area (Å²) < 4.78 is 5.47. The van der Waals surface area contributed by atoms with Crippen LogP contribution in [0.3, 0.4) is 0 Å². The zero-order valence-corrected chi connectivity index (χ0v) is 16.3. The third-order valence-corrected chi connectivity index (χ3v) is 6.76. The van der Waals surface area contributed by atoms with E-state index in [1.165, 1.54) is 11.3 Å². The SMILES string of the molecule is Cc1sc(NC(=O)[C@H]2CCCC[C@@H]2C(=O)O)c(-c2nc(C3CC3)no2)c1C. The largest absolute Gasteiger partial charge is 0.481 e. The minimum absolute atomic E-state index is 0.230. The number of aromatic nitrogens is 2. The summed E-state index contributed by atoms with van der Waals surface area (Å²) in [5.74, 6) is -0.702. The van der Waals surface area contributed by atoms with Crippen LogP contribution in [0.2, 0.25) is 0 Å². The zero-order valence-electron chi connectivity index (χ0n) is 15.4. The van der Waals surface area contributed by atoms with Crippen molar-refractivity contribution < 1.29 is 19.2 Å². The maximum absolute atomic E-state index is 12.9. The van der Waals surface area contributed by atoms with Crippen LogP contribution in [0, 0.1) is 25.7 Å². The fraction of sp³-hybridized carbons (Fsp3) is 0.579. The summed E-state index contributed by atoms with van der Waals surface area (Å²) in [6.07, 6.45) is 5.07. The van der Waals surface area contributed by atoms with Crippen LogP contribution < -0.4 is 5.32 Å². The second-order valence-corrected chi connectivity index (χ2v) is 8.77. The highest BCUT2D eigenvalue weighted by molar-refractivity contribution is 7.17. The Balaban J connectivity index is 1.60. The van der Waals surface area contributed by atoms with E-state index in [1.807, 2.05) is 13.8 Å². The van der Waals surface area contributed by atoms with Gasteiger partial charge in [-0.2, -0.15) is 4.98 Å². The Labute approximate surface area is 161 Å². The molecule has 4 rings (SSSR count). The van der Waals surface area contributed by atoms with Gasteiger partial charge in [0.1, 0.15) is 5.00 Å². The van der Waals surface area contributed by atoms with Gasteiger partial charge in [-0.25, -0.2) is 0 Å². The summed E-state index contributed by atoms with van der Waals surface area (Å²) in [6.45, 7) is 3.95. The molecule has 8 heteroatoms. The summed E-state index contributed by atoms with van der Waals surface area (Å²) in [5.41, 5.74) is 1.76. The molecule has 0 bridgehead atoms. The number of amides is 1. The average Bonchev–Trinajstić information content (AvgIpc) is 3.32. The number of hydrogen-bond acceptors (Lipinski definition) is 6. The summed E-state index contributed by atoms with van der Waals surface area (Å²) in [5, 5.41) is 17.2. The third kappa shape index (κ3) is 3.50. The molecule has 0 radical (unpaired) electrons. The summed E-state index contributed by atoms with van der Waals surface area (Å²) >= 11 is 1.46. The third-order valence-electron chi connectivity index (χ3n) is 5.64. The first-order valence-electron chi connectivity index (χ1n) is 9.43. The standard InChI is InChI=1S/C19H23N3O4S/c1-9-10(2)27-18(14(9)17-20-15(22-26-17)11-7-8-11)21-16(23)12-5-3-4-6-13(12)19(24)25/h11-13H,3-8H2,1-2H3,(H,21,23)(H,24,25)/t12-,13-/m0/s1. The monoisotopic (exact) mass is 389 g/mol. The van der Waals surface area contributed by atoms with Crippen molar-refractivity contribution in [2.24, 2.45) is 11.8 Å². The van der Waals surface area contributed by atoms with Crippen molar-refractivity contribution in [1.29, 1.82) is 0 Å². The first kappa shape index (κ1) is 18.2. The first-order valence-corrected chi connectivity index (χ1v) is 10.2. The lowest BCUT2D eigenvalue weighted by atomic mass is 9.79. The number of thiophene rings is 1. The highest BCUT2D eigenvalue weighted by atomic mass is 32.1. The van der Waals surface area contributed by atoms with Crippen LogP contribution in [0.4, 0.5) is 5.00 Å². The molecule has 2 atom stereocenters. The van der Waals surface area contributed by atoms with E-state index in [0.717, 1.165) is 47.5 Å². The van der Waals surface area contributed by atoms with E-state index in [2.05, 4.69) is 15.5 Å². The molecule has 2 N–H and O–H groups in total. The van der Waals surface area contributed by atoms with Crippen LogP contribution in [0.15, 0.2) is 4.52 Å². The number of carboxylic acids is 1. The highest BCUT2D eigenvalue weighted by Gasteiger charge is 2.37. The second kappa shape index (κ2) is 7.07.